The van der Waals surface area contributed by atoms with Crippen LogP contribution in [0.5, 0.6) is 0 Å². The molecule has 0 aliphatic carbocycles. The molecule has 1 unspecified atom stereocenters. The lowest BCUT2D eigenvalue weighted by Gasteiger charge is -2.10. The first kappa shape index (κ1) is 22.4. The summed E-state index contributed by atoms with van der Waals surface area (Å²) in [5.74, 6) is 0.800. The standard InChI is InChI=1S/C12H17Br.C12H14N2O/c1-3-4-5-10(2)11-6-8-12(13)9-7-11;1-3-4-11-10-7-9(8(2)15)5-6-12(10)14-13-11/h6-10H,3-5H2,1-2H3;5-7H,3-4H2,1-2H3,(H,13,14). The van der Waals surface area contributed by atoms with Gasteiger partial charge in [0.15, 0.2) is 5.78 Å². The predicted molar refractivity (Wildman–Crippen MR) is 122 cm³/mol. The first-order chi connectivity index (χ1) is 13.5. The van der Waals surface area contributed by atoms with E-state index in [4.69, 9.17) is 0 Å². The summed E-state index contributed by atoms with van der Waals surface area (Å²) >= 11 is 3.45. The first-order valence-corrected chi connectivity index (χ1v) is 11.0. The van der Waals surface area contributed by atoms with Crippen LogP contribution in [0.25, 0.3) is 10.9 Å². The van der Waals surface area contributed by atoms with Gasteiger partial charge < -0.3 is 0 Å². The van der Waals surface area contributed by atoms with Crippen molar-refractivity contribution in [3.63, 3.8) is 0 Å². The Morgan fingerprint density at radius 2 is 1.82 bits per heavy atom. The molecule has 4 heteroatoms. The molecule has 0 saturated heterocycles. The van der Waals surface area contributed by atoms with Gasteiger partial charge in [-0.25, -0.2) is 0 Å². The van der Waals surface area contributed by atoms with Crippen molar-refractivity contribution < 1.29 is 4.79 Å². The highest BCUT2D eigenvalue weighted by atomic mass is 79.9. The van der Waals surface area contributed by atoms with Gasteiger partial charge in [-0.15, -0.1) is 0 Å². The Morgan fingerprint density at radius 1 is 1.11 bits per heavy atom. The zero-order chi connectivity index (χ0) is 20.5. The second-order valence-corrected chi connectivity index (χ2v) is 8.25. The summed E-state index contributed by atoms with van der Waals surface area (Å²) in [6.45, 7) is 8.26. The maximum absolute atomic E-state index is 11.2. The van der Waals surface area contributed by atoms with Crippen molar-refractivity contribution in [2.75, 3.05) is 0 Å². The Hall–Kier alpha value is -1.94. The van der Waals surface area contributed by atoms with Gasteiger partial charge in [0, 0.05) is 21.1 Å². The fourth-order valence-electron chi connectivity index (χ4n) is 3.19. The van der Waals surface area contributed by atoms with Gasteiger partial charge in [-0.2, -0.15) is 5.10 Å². The molecule has 1 atom stereocenters. The van der Waals surface area contributed by atoms with Crippen molar-refractivity contribution >= 4 is 32.6 Å². The van der Waals surface area contributed by atoms with Crippen molar-refractivity contribution in [2.24, 2.45) is 0 Å². The van der Waals surface area contributed by atoms with Gasteiger partial charge in [-0.3, -0.25) is 9.89 Å². The van der Waals surface area contributed by atoms with Gasteiger partial charge in [0.1, 0.15) is 0 Å². The average Bonchev–Trinajstić information content (AvgIpc) is 3.09. The van der Waals surface area contributed by atoms with E-state index in [2.05, 4.69) is 71.2 Å². The number of ketones is 1. The fraction of sp³-hybridized carbons (Fsp3) is 0.417. The highest BCUT2D eigenvalue weighted by molar-refractivity contribution is 9.10. The largest absolute Gasteiger partial charge is 0.295 e. The van der Waals surface area contributed by atoms with Crippen LogP contribution >= 0.6 is 15.9 Å². The number of unbranched alkanes of at least 4 members (excludes halogenated alkanes) is 1. The summed E-state index contributed by atoms with van der Waals surface area (Å²) in [7, 11) is 0. The Kier molecular flexibility index (Phi) is 8.91. The third kappa shape index (κ3) is 6.30. The van der Waals surface area contributed by atoms with Crippen molar-refractivity contribution in [1.82, 2.24) is 10.2 Å². The summed E-state index contributed by atoms with van der Waals surface area (Å²) in [4.78, 5) is 11.2. The number of hydrogen-bond acceptors (Lipinski definition) is 2. The van der Waals surface area contributed by atoms with Gasteiger partial charge in [-0.05, 0) is 61.6 Å². The number of nitrogens with one attached hydrogen (secondary N) is 1. The van der Waals surface area contributed by atoms with Gasteiger partial charge in [-0.1, -0.05) is 68.1 Å². The van der Waals surface area contributed by atoms with E-state index >= 15 is 0 Å². The molecule has 1 aromatic heterocycles. The molecule has 3 aromatic rings. The highest BCUT2D eigenvalue weighted by Crippen LogP contribution is 2.23. The number of hydrogen-bond donors (Lipinski definition) is 1. The molecule has 3 nitrogen and oxygen atoms in total. The molecule has 0 fully saturated rings. The van der Waals surface area contributed by atoms with Crippen LogP contribution in [0.2, 0.25) is 0 Å². The zero-order valence-electron chi connectivity index (χ0n) is 17.4. The minimum absolute atomic E-state index is 0.0977. The molecule has 3 rings (SSSR count). The second kappa shape index (κ2) is 11.2. The van der Waals surface area contributed by atoms with Gasteiger partial charge in [0.05, 0.1) is 5.52 Å². The van der Waals surface area contributed by atoms with Crippen LogP contribution in [0.4, 0.5) is 0 Å². The molecular weight excluding hydrogens is 412 g/mol. The molecule has 1 N–H and O–H groups in total. The number of halogens is 1. The Bertz CT molecular complexity index is 883. The first-order valence-electron chi connectivity index (χ1n) is 10.2. The number of fused-ring (bicyclic) bond motifs is 1. The minimum Gasteiger partial charge on any atom is -0.295 e. The third-order valence-corrected chi connectivity index (χ3v) is 5.50. The number of aryl methyl sites for hydroxylation is 1. The molecular formula is C24H31BrN2O. The van der Waals surface area contributed by atoms with E-state index in [1.807, 2.05) is 18.2 Å². The van der Waals surface area contributed by atoms with Crippen molar-refractivity contribution in [3.05, 3.63) is 63.8 Å². The Balaban J connectivity index is 0.000000203. The van der Waals surface area contributed by atoms with E-state index < -0.39 is 0 Å². The van der Waals surface area contributed by atoms with E-state index in [0.717, 1.165) is 35.0 Å². The molecule has 0 radical (unpaired) electrons. The summed E-state index contributed by atoms with van der Waals surface area (Å²) in [6, 6.07) is 14.3. The van der Waals surface area contributed by atoms with Crippen LogP contribution in [0.3, 0.4) is 0 Å². The lowest BCUT2D eigenvalue weighted by molar-refractivity contribution is 0.101. The minimum atomic E-state index is 0.0977. The third-order valence-electron chi connectivity index (χ3n) is 4.97. The maximum Gasteiger partial charge on any atom is 0.159 e. The molecule has 1 heterocycles. The van der Waals surface area contributed by atoms with Crippen molar-refractivity contribution in [2.45, 2.75) is 65.7 Å². The van der Waals surface area contributed by atoms with E-state index in [1.165, 1.54) is 29.3 Å². The van der Waals surface area contributed by atoms with Crippen LogP contribution in [0, 0.1) is 0 Å². The predicted octanol–water partition coefficient (Wildman–Crippen LogP) is 7.46. The fourth-order valence-corrected chi connectivity index (χ4v) is 3.46. The van der Waals surface area contributed by atoms with E-state index in [0.29, 0.717) is 5.92 Å². The molecule has 0 aliphatic rings. The van der Waals surface area contributed by atoms with Crippen LogP contribution in [-0.4, -0.2) is 16.0 Å². The van der Waals surface area contributed by atoms with Gasteiger partial charge in [0.25, 0.3) is 0 Å². The normalized spacial score (nSPS) is 11.8. The SMILES string of the molecule is CCCCC(C)c1ccc(Br)cc1.CCCc1[nH]nc2ccc(C(C)=O)cc12. The monoisotopic (exact) mass is 442 g/mol. The maximum atomic E-state index is 11.2. The molecule has 2 aromatic carbocycles. The summed E-state index contributed by atoms with van der Waals surface area (Å²) in [6.07, 6.45) is 5.97. The topological polar surface area (TPSA) is 45.8 Å². The van der Waals surface area contributed by atoms with Crippen LogP contribution < -0.4 is 0 Å². The summed E-state index contributed by atoms with van der Waals surface area (Å²) < 4.78 is 1.17. The lowest BCUT2D eigenvalue weighted by atomic mass is 9.96. The van der Waals surface area contributed by atoms with Gasteiger partial charge >= 0.3 is 0 Å². The smallest absolute Gasteiger partial charge is 0.159 e. The Labute approximate surface area is 177 Å². The number of carbonyl (C=O) groups is 1. The van der Waals surface area contributed by atoms with E-state index in [1.54, 1.807) is 6.92 Å². The molecule has 150 valence electrons. The van der Waals surface area contributed by atoms with Gasteiger partial charge in [0.2, 0.25) is 0 Å². The van der Waals surface area contributed by atoms with Crippen LogP contribution in [0.15, 0.2) is 46.9 Å². The molecule has 0 amide bonds. The molecule has 0 aliphatic heterocycles. The van der Waals surface area contributed by atoms with Crippen LogP contribution in [-0.2, 0) is 6.42 Å². The number of carbonyl (C=O) groups excluding carboxylic acids is 1. The summed E-state index contributed by atoms with van der Waals surface area (Å²) in [5, 5.41) is 8.29. The number of rotatable bonds is 7. The second-order valence-electron chi connectivity index (χ2n) is 7.34. The average molecular weight is 443 g/mol. The number of H-pyrrole nitrogens is 1. The number of Topliss-reactive ketones (excluding diaryl/α,β-unsaturated/α-hetero) is 1. The molecule has 28 heavy (non-hydrogen) atoms. The molecule has 0 saturated carbocycles. The molecule has 0 spiro atoms. The van der Waals surface area contributed by atoms with Crippen molar-refractivity contribution in [1.29, 1.82) is 0 Å². The lowest BCUT2D eigenvalue weighted by Crippen LogP contribution is -1.92. The summed E-state index contributed by atoms with van der Waals surface area (Å²) in [5.41, 5.74) is 4.26. The highest BCUT2D eigenvalue weighted by Gasteiger charge is 2.07. The number of aromatic amines is 1. The quantitative estimate of drug-likeness (QED) is 0.385. The molecule has 0 bridgehead atoms. The zero-order valence-corrected chi connectivity index (χ0v) is 19.0. The van der Waals surface area contributed by atoms with E-state index in [-0.39, 0.29) is 5.78 Å². The number of aromatic nitrogens is 2. The Morgan fingerprint density at radius 3 is 2.43 bits per heavy atom. The number of nitrogens with zero attached hydrogens (tertiary/aromatic N) is 1. The number of benzene rings is 2. The van der Waals surface area contributed by atoms with Crippen molar-refractivity contribution in [3.8, 4) is 0 Å². The van der Waals surface area contributed by atoms with Crippen LogP contribution in [0.1, 0.15) is 80.9 Å². The van der Waals surface area contributed by atoms with E-state index in [9.17, 15) is 4.79 Å².